The van der Waals surface area contributed by atoms with Gasteiger partial charge in [0.25, 0.3) is 5.91 Å². The maximum absolute atomic E-state index is 12.0. The minimum absolute atomic E-state index is 0.0620. The van der Waals surface area contributed by atoms with E-state index in [-0.39, 0.29) is 5.91 Å². The van der Waals surface area contributed by atoms with Gasteiger partial charge in [0.1, 0.15) is 4.88 Å². The maximum Gasteiger partial charge on any atom is 0.263 e. The second kappa shape index (κ2) is 6.18. The van der Waals surface area contributed by atoms with Gasteiger partial charge in [-0.05, 0) is 24.7 Å². The summed E-state index contributed by atoms with van der Waals surface area (Å²) in [7, 11) is 0. The fraction of sp³-hybridized carbons (Fsp3) is 0.692. The first kappa shape index (κ1) is 15.0. The monoisotopic (exact) mass is 269 g/mol. The fourth-order valence-electron chi connectivity index (χ4n) is 2.16. The van der Waals surface area contributed by atoms with Gasteiger partial charge in [-0.2, -0.15) is 0 Å². The van der Waals surface area contributed by atoms with E-state index in [0.29, 0.717) is 40.0 Å². The average molecular weight is 269 g/mol. The molecule has 18 heavy (non-hydrogen) atoms. The highest BCUT2D eigenvalue weighted by molar-refractivity contribution is 7.17. The lowest BCUT2D eigenvalue weighted by atomic mass is 9.85. The van der Waals surface area contributed by atoms with Gasteiger partial charge in [-0.3, -0.25) is 4.79 Å². The van der Waals surface area contributed by atoms with Crippen LogP contribution in [-0.4, -0.2) is 17.4 Å². The van der Waals surface area contributed by atoms with Crippen molar-refractivity contribution in [2.24, 2.45) is 17.8 Å². The highest BCUT2D eigenvalue weighted by Crippen LogP contribution is 2.21. The van der Waals surface area contributed by atoms with E-state index in [1.54, 1.807) is 0 Å². The topological polar surface area (TPSA) is 68.0 Å². The maximum atomic E-state index is 12.0. The van der Waals surface area contributed by atoms with Crippen LogP contribution in [0, 0.1) is 24.7 Å². The van der Waals surface area contributed by atoms with E-state index in [1.807, 2.05) is 6.92 Å². The molecule has 1 aromatic rings. The number of amides is 1. The Morgan fingerprint density at radius 2 is 1.89 bits per heavy atom. The first-order chi connectivity index (χ1) is 8.32. The zero-order chi connectivity index (χ0) is 13.9. The molecule has 0 saturated heterocycles. The molecule has 1 rings (SSSR count). The van der Waals surface area contributed by atoms with Crippen molar-refractivity contribution in [2.75, 3.05) is 12.3 Å². The smallest absolute Gasteiger partial charge is 0.263 e. The van der Waals surface area contributed by atoms with Crippen LogP contribution in [0.15, 0.2) is 0 Å². The molecule has 1 heterocycles. The zero-order valence-corrected chi connectivity index (χ0v) is 12.6. The van der Waals surface area contributed by atoms with Crippen molar-refractivity contribution in [2.45, 2.75) is 34.6 Å². The zero-order valence-electron chi connectivity index (χ0n) is 11.8. The largest absolute Gasteiger partial charge is 0.375 e. The van der Waals surface area contributed by atoms with Gasteiger partial charge in [0.15, 0.2) is 5.13 Å². The van der Waals surface area contributed by atoms with Crippen LogP contribution in [0.4, 0.5) is 5.13 Å². The van der Waals surface area contributed by atoms with Crippen molar-refractivity contribution < 1.29 is 4.79 Å². The third-order valence-corrected chi connectivity index (χ3v) is 4.22. The number of anilines is 1. The molecule has 1 amide bonds. The van der Waals surface area contributed by atoms with Gasteiger partial charge in [0, 0.05) is 6.54 Å². The summed E-state index contributed by atoms with van der Waals surface area (Å²) in [6.07, 6.45) is 0. The lowest BCUT2D eigenvalue weighted by Gasteiger charge is -2.24. The van der Waals surface area contributed by atoms with Gasteiger partial charge >= 0.3 is 0 Å². The van der Waals surface area contributed by atoms with E-state index in [1.165, 1.54) is 11.3 Å². The third kappa shape index (κ3) is 3.70. The summed E-state index contributed by atoms with van der Waals surface area (Å²) >= 11 is 1.25. The third-order valence-electron chi connectivity index (χ3n) is 3.23. The molecule has 0 spiro atoms. The molecule has 0 aromatic carbocycles. The number of nitrogens with one attached hydrogen (secondary N) is 1. The first-order valence-electron chi connectivity index (χ1n) is 6.34. The molecule has 3 N–H and O–H groups in total. The van der Waals surface area contributed by atoms with Crippen LogP contribution in [0.5, 0.6) is 0 Å². The van der Waals surface area contributed by atoms with Crippen molar-refractivity contribution in [1.82, 2.24) is 10.3 Å². The number of carbonyl (C=O) groups is 1. The van der Waals surface area contributed by atoms with Crippen molar-refractivity contribution in [3.8, 4) is 0 Å². The molecule has 0 fully saturated rings. The molecule has 0 saturated carbocycles. The SMILES string of the molecule is Cc1nc(N)sc1C(=O)NCC(C(C)C)C(C)C. The first-order valence-corrected chi connectivity index (χ1v) is 7.15. The number of nitrogen functional groups attached to an aromatic ring is 1. The molecule has 0 bridgehead atoms. The number of carbonyl (C=O) groups excluding carboxylic acids is 1. The van der Waals surface area contributed by atoms with Gasteiger partial charge in [-0.15, -0.1) is 0 Å². The standard InChI is InChI=1S/C13H23N3OS/c1-7(2)10(8(3)4)6-15-12(17)11-9(5)16-13(14)18-11/h7-8,10H,6H2,1-5H3,(H2,14,16)(H,15,17). The number of thiazole rings is 1. The number of aromatic nitrogens is 1. The molecule has 5 heteroatoms. The molecule has 1 aromatic heterocycles. The Bertz CT molecular complexity index is 404. The Morgan fingerprint density at radius 3 is 2.28 bits per heavy atom. The van der Waals surface area contributed by atoms with Crippen LogP contribution < -0.4 is 11.1 Å². The van der Waals surface area contributed by atoms with Crippen LogP contribution in [0.2, 0.25) is 0 Å². The number of rotatable bonds is 5. The van der Waals surface area contributed by atoms with Crippen molar-refractivity contribution in [1.29, 1.82) is 0 Å². The predicted octanol–water partition coefficient (Wildman–Crippen LogP) is 2.69. The van der Waals surface area contributed by atoms with Crippen LogP contribution >= 0.6 is 11.3 Å². The Balaban J connectivity index is 2.63. The highest BCUT2D eigenvalue weighted by Gasteiger charge is 2.20. The molecule has 0 radical (unpaired) electrons. The van der Waals surface area contributed by atoms with E-state index in [4.69, 9.17) is 5.73 Å². The highest BCUT2D eigenvalue weighted by atomic mass is 32.1. The van der Waals surface area contributed by atoms with Gasteiger partial charge < -0.3 is 11.1 Å². The lowest BCUT2D eigenvalue weighted by Crippen LogP contribution is -2.33. The quantitative estimate of drug-likeness (QED) is 0.863. The molecule has 0 unspecified atom stereocenters. The van der Waals surface area contributed by atoms with E-state index in [9.17, 15) is 4.79 Å². The second-order valence-corrected chi connectivity index (χ2v) is 6.36. The van der Waals surface area contributed by atoms with Gasteiger partial charge in [0.2, 0.25) is 0 Å². The molecule has 102 valence electrons. The van der Waals surface area contributed by atoms with E-state index >= 15 is 0 Å². The van der Waals surface area contributed by atoms with E-state index in [0.717, 1.165) is 0 Å². The summed E-state index contributed by atoms with van der Waals surface area (Å²) in [6.45, 7) is 11.3. The van der Waals surface area contributed by atoms with Crippen LogP contribution in [0.25, 0.3) is 0 Å². The summed E-state index contributed by atoms with van der Waals surface area (Å²) in [5.74, 6) is 1.53. The number of aryl methyl sites for hydroxylation is 1. The molecular weight excluding hydrogens is 246 g/mol. The molecule has 0 aliphatic rings. The molecule has 4 nitrogen and oxygen atoms in total. The summed E-state index contributed by atoms with van der Waals surface area (Å²) in [5.41, 5.74) is 6.31. The Morgan fingerprint density at radius 1 is 1.33 bits per heavy atom. The number of hydrogen-bond acceptors (Lipinski definition) is 4. The molecular formula is C13H23N3OS. The van der Waals surface area contributed by atoms with Crippen LogP contribution in [0.1, 0.15) is 43.1 Å². The van der Waals surface area contributed by atoms with E-state index in [2.05, 4.69) is 38.0 Å². The summed E-state index contributed by atoms with van der Waals surface area (Å²) in [4.78, 5) is 16.7. The van der Waals surface area contributed by atoms with Gasteiger partial charge in [0.05, 0.1) is 5.69 Å². The number of nitrogens with two attached hydrogens (primary N) is 1. The second-order valence-electron chi connectivity index (χ2n) is 5.33. The Hall–Kier alpha value is -1.10. The van der Waals surface area contributed by atoms with Gasteiger partial charge in [-0.1, -0.05) is 39.0 Å². The van der Waals surface area contributed by atoms with Crippen molar-refractivity contribution in [3.63, 3.8) is 0 Å². The van der Waals surface area contributed by atoms with Gasteiger partial charge in [-0.25, -0.2) is 4.98 Å². The minimum Gasteiger partial charge on any atom is -0.375 e. The predicted molar refractivity (Wildman–Crippen MR) is 76.8 cm³/mol. The van der Waals surface area contributed by atoms with Crippen LogP contribution in [-0.2, 0) is 0 Å². The van der Waals surface area contributed by atoms with E-state index < -0.39 is 0 Å². The average Bonchev–Trinajstić information content (AvgIpc) is 2.56. The number of hydrogen-bond donors (Lipinski definition) is 2. The lowest BCUT2D eigenvalue weighted by molar-refractivity contribution is 0.0940. The Labute approximate surface area is 113 Å². The normalized spacial score (nSPS) is 11.6. The molecule has 0 atom stereocenters. The van der Waals surface area contributed by atoms with Crippen LogP contribution in [0.3, 0.4) is 0 Å². The van der Waals surface area contributed by atoms with Crippen molar-refractivity contribution >= 4 is 22.4 Å². The Kier molecular flexibility index (Phi) is 5.14. The number of nitrogens with zero attached hydrogens (tertiary/aromatic N) is 1. The fourth-order valence-corrected chi connectivity index (χ4v) is 2.91. The summed E-state index contributed by atoms with van der Waals surface area (Å²) in [6, 6.07) is 0. The molecule has 0 aliphatic carbocycles. The summed E-state index contributed by atoms with van der Waals surface area (Å²) < 4.78 is 0. The van der Waals surface area contributed by atoms with Crippen molar-refractivity contribution in [3.05, 3.63) is 10.6 Å². The molecule has 0 aliphatic heterocycles. The summed E-state index contributed by atoms with van der Waals surface area (Å²) in [5, 5.41) is 3.44. The minimum atomic E-state index is -0.0620.